The molecule has 0 aliphatic carbocycles. The summed E-state index contributed by atoms with van der Waals surface area (Å²) in [6, 6.07) is 52.4. The molecular formula is C50H31ClF4O2. The van der Waals surface area contributed by atoms with Gasteiger partial charge in [-0.05, 0) is 56.6 Å². The first-order valence-electron chi connectivity index (χ1n) is 18.3. The monoisotopic (exact) mass is 774 g/mol. The average Bonchev–Trinajstić information content (AvgIpc) is 3.74. The van der Waals surface area contributed by atoms with E-state index in [2.05, 4.69) is 0 Å². The Morgan fingerprint density at radius 3 is 1.40 bits per heavy atom. The van der Waals surface area contributed by atoms with Gasteiger partial charge in [-0.3, -0.25) is 0 Å². The first kappa shape index (κ1) is 36.0. The molecule has 0 amide bonds. The van der Waals surface area contributed by atoms with E-state index in [-0.39, 0.29) is 29.5 Å². The summed E-state index contributed by atoms with van der Waals surface area (Å²) in [5.74, 6) is 0.249. The minimum absolute atomic E-state index is 0.0373. The molecule has 0 bridgehead atoms. The zero-order valence-electron chi connectivity index (χ0n) is 30.2. The van der Waals surface area contributed by atoms with Crippen molar-refractivity contribution in [2.75, 3.05) is 6.79 Å². The largest absolute Gasteiger partial charge is 0.453 e. The van der Waals surface area contributed by atoms with Crippen molar-refractivity contribution < 1.29 is 27.0 Å². The van der Waals surface area contributed by atoms with Gasteiger partial charge in [-0.15, -0.1) is 0 Å². The Morgan fingerprint density at radius 2 is 0.825 bits per heavy atom. The smallest absolute Gasteiger partial charge is 0.417 e. The maximum absolute atomic E-state index is 16.4. The fourth-order valence-corrected chi connectivity index (χ4v) is 8.09. The molecule has 0 fully saturated rings. The summed E-state index contributed by atoms with van der Waals surface area (Å²) in [5, 5.41) is 0.401. The van der Waals surface area contributed by atoms with Crippen molar-refractivity contribution in [3.63, 3.8) is 0 Å². The SMILES string of the molecule is Fc1c(-c2ccccc2)cccc1-c1ccccc1-c1cccc(-c2ccccc2-c2cc(-c3ccccc3)c3c(c2-c2ccccc2C(F)(F)F)OCO3)c1Cl. The van der Waals surface area contributed by atoms with E-state index in [1.54, 1.807) is 18.2 Å². The van der Waals surface area contributed by atoms with Crippen LogP contribution in [0.2, 0.25) is 5.02 Å². The third-order valence-electron chi connectivity index (χ3n) is 10.3. The van der Waals surface area contributed by atoms with Crippen LogP contribution in [0.4, 0.5) is 17.6 Å². The van der Waals surface area contributed by atoms with Gasteiger partial charge in [-0.1, -0.05) is 175 Å². The lowest BCUT2D eigenvalue weighted by molar-refractivity contribution is -0.137. The molecule has 0 aromatic heterocycles. The van der Waals surface area contributed by atoms with Crippen LogP contribution >= 0.6 is 11.6 Å². The molecule has 9 rings (SSSR count). The molecule has 0 N–H and O–H groups in total. The summed E-state index contributed by atoms with van der Waals surface area (Å²) in [7, 11) is 0. The van der Waals surface area contributed by atoms with E-state index < -0.39 is 11.7 Å². The lowest BCUT2D eigenvalue weighted by Crippen LogP contribution is -2.07. The van der Waals surface area contributed by atoms with Crippen molar-refractivity contribution in [2.45, 2.75) is 6.18 Å². The minimum Gasteiger partial charge on any atom is -0.453 e. The van der Waals surface area contributed by atoms with Crippen molar-refractivity contribution >= 4 is 11.6 Å². The normalized spacial score (nSPS) is 12.2. The molecule has 7 heteroatoms. The van der Waals surface area contributed by atoms with Gasteiger partial charge in [0.05, 0.1) is 10.6 Å². The number of benzene rings is 8. The second kappa shape index (κ2) is 14.8. The summed E-state index contributed by atoms with van der Waals surface area (Å²) in [6.45, 7) is -0.149. The fourth-order valence-electron chi connectivity index (χ4n) is 7.76. The molecule has 8 aromatic rings. The van der Waals surface area contributed by atoms with Crippen molar-refractivity contribution in [3.8, 4) is 89.4 Å². The number of hydrogen-bond acceptors (Lipinski definition) is 2. The Hall–Kier alpha value is -6.63. The Labute approximate surface area is 332 Å². The third kappa shape index (κ3) is 6.52. The Balaban J connectivity index is 1.26. The van der Waals surface area contributed by atoms with Gasteiger partial charge in [0.1, 0.15) is 5.82 Å². The maximum Gasteiger partial charge on any atom is 0.417 e. The molecule has 1 aliphatic heterocycles. The molecule has 0 atom stereocenters. The molecule has 8 aromatic carbocycles. The van der Waals surface area contributed by atoms with Gasteiger partial charge in [0.15, 0.2) is 11.5 Å². The topological polar surface area (TPSA) is 18.5 Å². The molecule has 57 heavy (non-hydrogen) atoms. The van der Waals surface area contributed by atoms with Gasteiger partial charge in [-0.25, -0.2) is 4.39 Å². The second-order valence-corrected chi connectivity index (χ2v) is 14.0. The van der Waals surface area contributed by atoms with Crippen molar-refractivity contribution in [1.82, 2.24) is 0 Å². The molecule has 0 spiro atoms. The lowest BCUT2D eigenvalue weighted by atomic mass is 9.84. The van der Waals surface area contributed by atoms with Crippen LogP contribution in [-0.4, -0.2) is 6.79 Å². The fraction of sp³-hybridized carbons (Fsp3) is 0.0400. The number of alkyl halides is 3. The first-order valence-corrected chi connectivity index (χ1v) is 18.7. The van der Waals surface area contributed by atoms with Crippen LogP contribution in [-0.2, 0) is 6.18 Å². The third-order valence-corrected chi connectivity index (χ3v) is 10.7. The van der Waals surface area contributed by atoms with E-state index in [0.29, 0.717) is 60.8 Å². The number of fused-ring (bicyclic) bond motifs is 1. The van der Waals surface area contributed by atoms with Gasteiger partial charge < -0.3 is 9.47 Å². The first-order chi connectivity index (χ1) is 27.8. The van der Waals surface area contributed by atoms with E-state index >= 15 is 4.39 Å². The van der Waals surface area contributed by atoms with Crippen molar-refractivity contribution in [3.05, 3.63) is 192 Å². The molecule has 0 saturated heterocycles. The van der Waals surface area contributed by atoms with Gasteiger partial charge >= 0.3 is 6.18 Å². The molecule has 0 radical (unpaired) electrons. The number of ether oxygens (including phenoxy) is 2. The maximum atomic E-state index is 16.4. The second-order valence-electron chi connectivity index (χ2n) is 13.6. The van der Waals surface area contributed by atoms with E-state index in [0.717, 1.165) is 22.8 Å². The van der Waals surface area contributed by atoms with Gasteiger partial charge in [0.2, 0.25) is 6.79 Å². The highest BCUT2D eigenvalue weighted by atomic mass is 35.5. The van der Waals surface area contributed by atoms with Crippen molar-refractivity contribution in [1.29, 1.82) is 0 Å². The van der Waals surface area contributed by atoms with Crippen LogP contribution in [0, 0.1) is 5.82 Å². The Morgan fingerprint density at radius 1 is 0.404 bits per heavy atom. The van der Waals surface area contributed by atoms with E-state index in [1.165, 1.54) is 12.1 Å². The summed E-state index contributed by atoms with van der Waals surface area (Å²) >= 11 is 7.44. The summed E-state index contributed by atoms with van der Waals surface area (Å²) in [5.41, 5.74) is 7.11. The molecular weight excluding hydrogens is 744 g/mol. The predicted molar refractivity (Wildman–Crippen MR) is 221 cm³/mol. The summed E-state index contributed by atoms with van der Waals surface area (Å²) in [4.78, 5) is 0. The number of hydrogen-bond donors (Lipinski definition) is 0. The van der Waals surface area contributed by atoms with E-state index in [4.69, 9.17) is 21.1 Å². The van der Waals surface area contributed by atoms with Crippen LogP contribution in [0.15, 0.2) is 176 Å². The number of halogens is 5. The molecule has 278 valence electrons. The quantitative estimate of drug-likeness (QED) is 0.150. The van der Waals surface area contributed by atoms with Gasteiger partial charge in [0, 0.05) is 33.4 Å². The van der Waals surface area contributed by atoms with E-state index in [1.807, 2.05) is 140 Å². The van der Waals surface area contributed by atoms with Gasteiger partial charge in [0.25, 0.3) is 0 Å². The highest BCUT2D eigenvalue weighted by molar-refractivity contribution is 6.36. The van der Waals surface area contributed by atoms with Crippen LogP contribution in [0.3, 0.4) is 0 Å². The van der Waals surface area contributed by atoms with Crippen molar-refractivity contribution in [2.24, 2.45) is 0 Å². The van der Waals surface area contributed by atoms with Crippen LogP contribution in [0.25, 0.3) is 77.9 Å². The Bertz CT molecular complexity index is 2780. The van der Waals surface area contributed by atoms with Crippen LogP contribution < -0.4 is 9.47 Å². The Kier molecular flexibility index (Phi) is 9.35. The van der Waals surface area contributed by atoms with Crippen LogP contribution in [0.5, 0.6) is 11.5 Å². The summed E-state index contributed by atoms with van der Waals surface area (Å²) < 4.78 is 72.7. The minimum atomic E-state index is -4.65. The molecule has 0 unspecified atom stereocenters. The van der Waals surface area contributed by atoms with E-state index in [9.17, 15) is 13.2 Å². The standard InChI is InChI=1S/C50H31ClF4O2/c51-46-38(34-19-7-9-21-36(34)40-27-13-24-33(47(40)52)31-15-3-1-4-16-31)25-14-26-39(46)35-20-8-10-22-37(35)43-29-42(32-17-5-2-6-18-32)48-49(57-30-56-48)45(43)41-23-11-12-28-44(41)50(53,54)55/h1-29H,30H2. The highest BCUT2D eigenvalue weighted by Crippen LogP contribution is 2.55. The summed E-state index contributed by atoms with van der Waals surface area (Å²) in [6.07, 6.45) is -4.65. The molecule has 0 saturated carbocycles. The van der Waals surface area contributed by atoms with Gasteiger partial charge in [-0.2, -0.15) is 13.2 Å². The van der Waals surface area contributed by atoms with Crippen LogP contribution in [0.1, 0.15) is 5.56 Å². The zero-order valence-corrected chi connectivity index (χ0v) is 30.9. The zero-order chi connectivity index (χ0) is 39.1. The number of rotatable bonds is 7. The molecule has 2 nitrogen and oxygen atoms in total. The highest BCUT2D eigenvalue weighted by Gasteiger charge is 2.37. The molecule has 1 aliphatic rings. The average molecular weight is 775 g/mol. The molecule has 1 heterocycles. The predicted octanol–water partition coefficient (Wildman–Crippen LogP) is 14.9. The lowest BCUT2D eigenvalue weighted by Gasteiger charge is -2.22.